The van der Waals surface area contributed by atoms with Gasteiger partial charge in [0.2, 0.25) is 5.91 Å². The third-order valence-electron chi connectivity index (χ3n) is 2.23. The molecule has 16 heavy (non-hydrogen) atoms. The van der Waals surface area contributed by atoms with E-state index in [0.29, 0.717) is 12.1 Å². The molecule has 7 heteroatoms. The number of hydrogen-bond donors (Lipinski definition) is 2. The summed E-state index contributed by atoms with van der Waals surface area (Å²) in [4.78, 5) is 21.5. The SMILES string of the molecule is CNC(=O)Cn1nnc(CCC(=O)O)c1C. The van der Waals surface area contributed by atoms with Gasteiger partial charge in [0.1, 0.15) is 6.54 Å². The van der Waals surface area contributed by atoms with Crippen LogP contribution >= 0.6 is 0 Å². The molecule has 0 aliphatic rings. The molecular weight excluding hydrogens is 212 g/mol. The van der Waals surface area contributed by atoms with Gasteiger partial charge in [0.25, 0.3) is 0 Å². The number of carboxylic acid groups (broad SMARTS) is 1. The van der Waals surface area contributed by atoms with Crippen LogP contribution in [0.2, 0.25) is 0 Å². The first-order valence-corrected chi connectivity index (χ1v) is 4.86. The van der Waals surface area contributed by atoms with Gasteiger partial charge in [-0.2, -0.15) is 0 Å². The Hall–Kier alpha value is -1.92. The molecule has 0 unspecified atom stereocenters. The van der Waals surface area contributed by atoms with E-state index in [1.807, 2.05) is 0 Å². The van der Waals surface area contributed by atoms with Crippen molar-refractivity contribution in [3.63, 3.8) is 0 Å². The average Bonchev–Trinajstić information content (AvgIpc) is 2.57. The molecule has 0 saturated heterocycles. The van der Waals surface area contributed by atoms with Crippen LogP contribution in [-0.4, -0.2) is 39.0 Å². The van der Waals surface area contributed by atoms with E-state index >= 15 is 0 Å². The Morgan fingerprint density at radius 2 is 2.19 bits per heavy atom. The van der Waals surface area contributed by atoms with Crippen LogP contribution in [0.3, 0.4) is 0 Å². The van der Waals surface area contributed by atoms with Gasteiger partial charge >= 0.3 is 5.97 Å². The van der Waals surface area contributed by atoms with Crippen LogP contribution in [0.1, 0.15) is 17.8 Å². The summed E-state index contributed by atoms with van der Waals surface area (Å²) in [5, 5.41) is 18.7. The molecule has 7 nitrogen and oxygen atoms in total. The zero-order valence-electron chi connectivity index (χ0n) is 9.23. The number of likely N-dealkylation sites (N-methyl/N-ethyl adjacent to an activating group) is 1. The maximum Gasteiger partial charge on any atom is 0.303 e. The number of hydrogen-bond acceptors (Lipinski definition) is 4. The standard InChI is InChI=1S/C9H14N4O3/c1-6-7(3-4-9(15)16)11-12-13(6)5-8(14)10-2/h3-5H2,1-2H3,(H,10,14)(H,15,16). The third-order valence-corrected chi connectivity index (χ3v) is 2.23. The summed E-state index contributed by atoms with van der Waals surface area (Å²) in [5.74, 6) is -1.04. The van der Waals surface area contributed by atoms with E-state index in [4.69, 9.17) is 5.11 Å². The van der Waals surface area contributed by atoms with Gasteiger partial charge in [0, 0.05) is 13.5 Å². The monoisotopic (exact) mass is 226 g/mol. The molecule has 2 N–H and O–H groups in total. The number of nitrogens with one attached hydrogen (secondary N) is 1. The van der Waals surface area contributed by atoms with E-state index in [-0.39, 0.29) is 18.9 Å². The van der Waals surface area contributed by atoms with Gasteiger partial charge in [-0.3, -0.25) is 9.59 Å². The van der Waals surface area contributed by atoms with Gasteiger partial charge in [0.15, 0.2) is 0 Å². The molecule has 1 aromatic heterocycles. The number of carboxylic acids is 1. The van der Waals surface area contributed by atoms with Crippen molar-refractivity contribution in [2.75, 3.05) is 7.05 Å². The summed E-state index contributed by atoms with van der Waals surface area (Å²) in [5.41, 5.74) is 1.34. The number of amides is 1. The highest BCUT2D eigenvalue weighted by Gasteiger charge is 2.11. The molecule has 88 valence electrons. The molecule has 0 saturated carbocycles. The normalized spacial score (nSPS) is 10.1. The fraction of sp³-hybridized carbons (Fsp3) is 0.556. The molecule has 0 aliphatic carbocycles. The molecule has 0 atom stereocenters. The molecule has 0 radical (unpaired) electrons. The van der Waals surface area contributed by atoms with Crippen LogP contribution in [-0.2, 0) is 22.6 Å². The summed E-state index contributed by atoms with van der Waals surface area (Å²) >= 11 is 0. The molecule has 0 aromatic carbocycles. The van der Waals surface area contributed by atoms with Crippen LogP contribution < -0.4 is 5.32 Å². The highest BCUT2D eigenvalue weighted by molar-refractivity contribution is 5.75. The van der Waals surface area contributed by atoms with E-state index in [2.05, 4.69) is 15.6 Å². The van der Waals surface area contributed by atoms with E-state index in [0.717, 1.165) is 5.69 Å². The van der Waals surface area contributed by atoms with Crippen LogP contribution in [0.15, 0.2) is 0 Å². The van der Waals surface area contributed by atoms with Gasteiger partial charge < -0.3 is 10.4 Å². The Morgan fingerprint density at radius 1 is 1.50 bits per heavy atom. The smallest absolute Gasteiger partial charge is 0.303 e. The van der Waals surface area contributed by atoms with Crippen molar-refractivity contribution in [2.45, 2.75) is 26.3 Å². The Morgan fingerprint density at radius 3 is 2.75 bits per heavy atom. The fourth-order valence-electron chi connectivity index (χ4n) is 1.22. The molecule has 0 aliphatic heterocycles. The minimum Gasteiger partial charge on any atom is -0.481 e. The van der Waals surface area contributed by atoms with Crippen molar-refractivity contribution in [3.8, 4) is 0 Å². The lowest BCUT2D eigenvalue weighted by molar-refractivity contribution is -0.137. The molecule has 1 heterocycles. The van der Waals surface area contributed by atoms with Gasteiger partial charge in [-0.15, -0.1) is 5.10 Å². The predicted molar refractivity (Wildman–Crippen MR) is 54.8 cm³/mol. The summed E-state index contributed by atoms with van der Waals surface area (Å²) in [6.07, 6.45) is 0.342. The summed E-state index contributed by atoms with van der Waals surface area (Å²) in [7, 11) is 1.54. The van der Waals surface area contributed by atoms with E-state index in [1.54, 1.807) is 14.0 Å². The predicted octanol–water partition coefficient (Wildman–Crippen LogP) is -0.650. The van der Waals surface area contributed by atoms with Crippen molar-refractivity contribution >= 4 is 11.9 Å². The van der Waals surface area contributed by atoms with Gasteiger partial charge in [-0.05, 0) is 6.92 Å². The van der Waals surface area contributed by atoms with Gasteiger partial charge in [0.05, 0.1) is 17.8 Å². The zero-order valence-corrected chi connectivity index (χ0v) is 9.23. The van der Waals surface area contributed by atoms with Crippen molar-refractivity contribution in [1.82, 2.24) is 20.3 Å². The van der Waals surface area contributed by atoms with E-state index in [9.17, 15) is 9.59 Å². The van der Waals surface area contributed by atoms with E-state index in [1.165, 1.54) is 4.68 Å². The number of rotatable bonds is 5. The second kappa shape index (κ2) is 5.24. The second-order valence-electron chi connectivity index (χ2n) is 3.35. The topological polar surface area (TPSA) is 97.1 Å². The quantitative estimate of drug-likeness (QED) is 0.695. The van der Waals surface area contributed by atoms with E-state index < -0.39 is 5.97 Å². The highest BCUT2D eigenvalue weighted by Crippen LogP contribution is 2.06. The maximum absolute atomic E-state index is 11.1. The lowest BCUT2D eigenvalue weighted by Gasteiger charge is -2.01. The molecule has 1 amide bonds. The number of carbonyl (C=O) groups excluding carboxylic acids is 1. The molecule has 0 bridgehead atoms. The van der Waals surface area contributed by atoms with Crippen LogP contribution in [0.5, 0.6) is 0 Å². The lowest BCUT2D eigenvalue weighted by Crippen LogP contribution is -2.24. The number of carbonyl (C=O) groups is 2. The summed E-state index contributed by atoms with van der Waals surface area (Å²) in [6, 6.07) is 0. The Kier molecular flexibility index (Phi) is 3.98. The number of aromatic nitrogens is 3. The van der Waals surface area contributed by atoms with Crippen molar-refractivity contribution in [2.24, 2.45) is 0 Å². The Balaban J connectivity index is 2.68. The number of nitrogens with zero attached hydrogens (tertiary/aromatic N) is 3. The third kappa shape index (κ3) is 3.04. The highest BCUT2D eigenvalue weighted by atomic mass is 16.4. The fourth-order valence-corrected chi connectivity index (χ4v) is 1.22. The average molecular weight is 226 g/mol. The first-order chi connectivity index (χ1) is 7.54. The van der Waals surface area contributed by atoms with Crippen molar-refractivity contribution in [3.05, 3.63) is 11.4 Å². The van der Waals surface area contributed by atoms with Gasteiger partial charge in [-0.25, -0.2) is 4.68 Å². The van der Waals surface area contributed by atoms with Crippen molar-refractivity contribution < 1.29 is 14.7 Å². The molecule has 0 spiro atoms. The lowest BCUT2D eigenvalue weighted by atomic mass is 10.2. The summed E-state index contributed by atoms with van der Waals surface area (Å²) < 4.78 is 1.45. The largest absolute Gasteiger partial charge is 0.481 e. The number of aryl methyl sites for hydroxylation is 1. The first kappa shape index (κ1) is 12.2. The second-order valence-corrected chi connectivity index (χ2v) is 3.35. The van der Waals surface area contributed by atoms with Crippen molar-refractivity contribution in [1.29, 1.82) is 0 Å². The van der Waals surface area contributed by atoms with Crippen LogP contribution in [0, 0.1) is 6.92 Å². The zero-order chi connectivity index (χ0) is 12.1. The maximum atomic E-state index is 11.1. The Bertz CT molecular complexity index is 399. The molecule has 0 fully saturated rings. The molecule has 1 aromatic rings. The number of aliphatic carboxylic acids is 1. The minimum atomic E-state index is -0.875. The minimum absolute atomic E-state index is 0.0134. The molecular formula is C9H14N4O3. The molecule has 1 rings (SSSR count). The Labute approximate surface area is 92.4 Å². The van der Waals surface area contributed by atoms with Gasteiger partial charge in [-0.1, -0.05) is 5.21 Å². The van der Waals surface area contributed by atoms with Crippen LogP contribution in [0.25, 0.3) is 0 Å². The summed E-state index contributed by atoms with van der Waals surface area (Å²) in [6.45, 7) is 1.86. The van der Waals surface area contributed by atoms with Crippen LogP contribution in [0.4, 0.5) is 0 Å². The first-order valence-electron chi connectivity index (χ1n) is 4.86.